The van der Waals surface area contributed by atoms with Gasteiger partial charge in [0.15, 0.2) is 0 Å². The lowest BCUT2D eigenvalue weighted by atomic mass is 10.2. The number of aromatic nitrogens is 2. The summed E-state index contributed by atoms with van der Waals surface area (Å²) in [6.07, 6.45) is 0. The molecule has 0 radical (unpaired) electrons. The van der Waals surface area contributed by atoms with Gasteiger partial charge in [-0.2, -0.15) is 0 Å². The number of alkyl halides is 1. The first-order chi connectivity index (χ1) is 10.0. The van der Waals surface area contributed by atoms with Crippen molar-refractivity contribution >= 4 is 45.8 Å². The van der Waals surface area contributed by atoms with Crippen molar-refractivity contribution in [2.24, 2.45) is 0 Å². The van der Waals surface area contributed by atoms with E-state index in [-0.39, 0.29) is 5.38 Å². The average molecular weight is 340 g/mol. The standard InChI is InChI=1S/C16H13Cl3N2/c1-9-11(18)5-4-8-14(9)21-15-12(19)6-3-7-13(15)20-16(21)10(2)17/h3-8,10H,1-2H3. The van der Waals surface area contributed by atoms with E-state index in [1.807, 2.05) is 54.8 Å². The smallest absolute Gasteiger partial charge is 0.132 e. The van der Waals surface area contributed by atoms with Gasteiger partial charge in [0.2, 0.25) is 0 Å². The minimum atomic E-state index is -0.244. The third-order valence-electron chi connectivity index (χ3n) is 3.49. The second-order valence-electron chi connectivity index (χ2n) is 4.91. The number of para-hydroxylation sites is 1. The van der Waals surface area contributed by atoms with Crippen LogP contribution in [0.1, 0.15) is 23.7 Å². The summed E-state index contributed by atoms with van der Waals surface area (Å²) in [5.74, 6) is 0.755. The molecule has 0 bridgehead atoms. The average Bonchev–Trinajstić information content (AvgIpc) is 2.83. The number of halogens is 3. The molecule has 0 spiro atoms. The maximum Gasteiger partial charge on any atom is 0.132 e. The zero-order valence-electron chi connectivity index (χ0n) is 11.6. The first-order valence-corrected chi connectivity index (χ1v) is 7.76. The van der Waals surface area contributed by atoms with Gasteiger partial charge in [0, 0.05) is 5.02 Å². The molecular weight excluding hydrogens is 327 g/mol. The second-order valence-corrected chi connectivity index (χ2v) is 6.38. The molecule has 2 nitrogen and oxygen atoms in total. The van der Waals surface area contributed by atoms with Gasteiger partial charge in [-0.1, -0.05) is 35.3 Å². The minimum absolute atomic E-state index is 0.244. The summed E-state index contributed by atoms with van der Waals surface area (Å²) in [7, 11) is 0. The maximum absolute atomic E-state index is 6.39. The van der Waals surface area contributed by atoms with Crippen LogP contribution < -0.4 is 0 Å². The molecule has 21 heavy (non-hydrogen) atoms. The van der Waals surface area contributed by atoms with Gasteiger partial charge in [0.1, 0.15) is 5.82 Å². The van der Waals surface area contributed by atoms with Gasteiger partial charge in [0.05, 0.1) is 27.1 Å². The van der Waals surface area contributed by atoms with Gasteiger partial charge in [0.25, 0.3) is 0 Å². The molecule has 1 unspecified atom stereocenters. The van der Waals surface area contributed by atoms with E-state index in [9.17, 15) is 0 Å². The van der Waals surface area contributed by atoms with Crippen LogP contribution in [-0.4, -0.2) is 9.55 Å². The Morgan fingerprint density at radius 2 is 1.71 bits per heavy atom. The summed E-state index contributed by atoms with van der Waals surface area (Å²) in [5.41, 5.74) is 3.59. The van der Waals surface area contributed by atoms with Crippen LogP contribution >= 0.6 is 34.8 Å². The molecule has 1 aromatic heterocycles. The van der Waals surface area contributed by atoms with Crippen LogP contribution in [0.3, 0.4) is 0 Å². The lowest BCUT2D eigenvalue weighted by Crippen LogP contribution is -2.04. The fourth-order valence-electron chi connectivity index (χ4n) is 2.45. The van der Waals surface area contributed by atoms with Crippen LogP contribution in [0.15, 0.2) is 36.4 Å². The third-order valence-corrected chi connectivity index (χ3v) is 4.40. The molecule has 2 aromatic carbocycles. The number of rotatable bonds is 2. The van der Waals surface area contributed by atoms with Crippen molar-refractivity contribution in [2.45, 2.75) is 19.2 Å². The Hall–Kier alpha value is -1.22. The number of hydrogen-bond acceptors (Lipinski definition) is 1. The Morgan fingerprint density at radius 1 is 1.05 bits per heavy atom. The summed E-state index contributed by atoms with van der Waals surface area (Å²) < 4.78 is 2.00. The fourth-order valence-corrected chi connectivity index (χ4v) is 3.02. The molecule has 0 N–H and O–H groups in total. The van der Waals surface area contributed by atoms with Crippen LogP contribution in [0.5, 0.6) is 0 Å². The van der Waals surface area contributed by atoms with Gasteiger partial charge >= 0.3 is 0 Å². The molecule has 0 saturated carbocycles. The van der Waals surface area contributed by atoms with Gasteiger partial charge in [-0.05, 0) is 43.7 Å². The van der Waals surface area contributed by atoms with Crippen molar-refractivity contribution in [1.29, 1.82) is 0 Å². The van der Waals surface area contributed by atoms with Crippen molar-refractivity contribution < 1.29 is 0 Å². The zero-order valence-corrected chi connectivity index (χ0v) is 13.8. The Morgan fingerprint density at radius 3 is 2.43 bits per heavy atom. The number of imidazole rings is 1. The highest BCUT2D eigenvalue weighted by molar-refractivity contribution is 6.35. The molecule has 3 aromatic rings. The molecule has 0 fully saturated rings. The molecular formula is C16H13Cl3N2. The first-order valence-electron chi connectivity index (χ1n) is 6.57. The molecule has 0 aliphatic carbocycles. The fraction of sp³-hybridized carbons (Fsp3) is 0.188. The SMILES string of the molecule is Cc1c(Cl)cccc1-n1c(C(C)Cl)nc2cccc(Cl)c21. The second kappa shape index (κ2) is 5.53. The Bertz CT molecular complexity index is 822. The topological polar surface area (TPSA) is 17.8 Å². The quantitative estimate of drug-likeness (QED) is 0.528. The molecule has 1 atom stereocenters. The highest BCUT2D eigenvalue weighted by Crippen LogP contribution is 2.34. The number of benzene rings is 2. The van der Waals surface area contributed by atoms with Crippen molar-refractivity contribution in [1.82, 2.24) is 9.55 Å². The first kappa shape index (κ1) is 14.7. The highest BCUT2D eigenvalue weighted by atomic mass is 35.5. The molecule has 0 saturated heterocycles. The van der Waals surface area contributed by atoms with Gasteiger partial charge in [-0.25, -0.2) is 4.98 Å². The molecule has 5 heteroatoms. The zero-order chi connectivity index (χ0) is 15.1. The van der Waals surface area contributed by atoms with Crippen LogP contribution in [0.25, 0.3) is 16.7 Å². The van der Waals surface area contributed by atoms with E-state index in [0.717, 1.165) is 28.1 Å². The Kier molecular flexibility index (Phi) is 3.87. The predicted molar refractivity (Wildman–Crippen MR) is 90.1 cm³/mol. The maximum atomic E-state index is 6.39. The molecule has 108 valence electrons. The summed E-state index contributed by atoms with van der Waals surface area (Å²) in [6.45, 7) is 3.87. The van der Waals surface area contributed by atoms with E-state index in [2.05, 4.69) is 4.98 Å². The monoisotopic (exact) mass is 338 g/mol. The van der Waals surface area contributed by atoms with Gasteiger partial charge in [-0.3, -0.25) is 4.57 Å². The normalized spacial score (nSPS) is 12.8. The summed E-state index contributed by atoms with van der Waals surface area (Å²) in [5, 5.41) is 1.10. The molecule has 0 amide bonds. The van der Waals surface area contributed by atoms with Crippen LogP contribution in [0.4, 0.5) is 0 Å². The van der Waals surface area contributed by atoms with Crippen molar-refractivity contribution in [3.8, 4) is 5.69 Å². The van der Waals surface area contributed by atoms with E-state index in [1.165, 1.54) is 0 Å². The van der Waals surface area contributed by atoms with E-state index in [0.29, 0.717) is 10.0 Å². The third kappa shape index (κ3) is 2.42. The molecule has 0 aliphatic heterocycles. The number of nitrogens with zero attached hydrogens (tertiary/aromatic N) is 2. The minimum Gasteiger partial charge on any atom is -0.293 e. The lowest BCUT2D eigenvalue weighted by Gasteiger charge is -2.14. The summed E-state index contributed by atoms with van der Waals surface area (Å²) in [6, 6.07) is 11.4. The Labute approximate surface area is 138 Å². The van der Waals surface area contributed by atoms with Gasteiger partial charge in [-0.15, -0.1) is 11.6 Å². The lowest BCUT2D eigenvalue weighted by molar-refractivity contribution is 0.878. The van der Waals surface area contributed by atoms with Gasteiger partial charge < -0.3 is 0 Å². The molecule has 3 rings (SSSR count). The predicted octanol–water partition coefficient (Wildman–Crippen LogP) is 5.94. The van der Waals surface area contributed by atoms with Crippen LogP contribution in [-0.2, 0) is 0 Å². The molecule has 0 aliphatic rings. The van der Waals surface area contributed by atoms with E-state index < -0.39 is 0 Å². The Balaban J connectivity index is 2.45. The van der Waals surface area contributed by atoms with E-state index in [4.69, 9.17) is 34.8 Å². The summed E-state index contributed by atoms with van der Waals surface area (Å²) in [4.78, 5) is 4.62. The number of hydrogen-bond donors (Lipinski definition) is 0. The molecule has 1 heterocycles. The van der Waals surface area contributed by atoms with Crippen molar-refractivity contribution in [2.75, 3.05) is 0 Å². The van der Waals surface area contributed by atoms with Crippen molar-refractivity contribution in [3.63, 3.8) is 0 Å². The van der Waals surface area contributed by atoms with Crippen LogP contribution in [0, 0.1) is 6.92 Å². The van der Waals surface area contributed by atoms with E-state index >= 15 is 0 Å². The largest absolute Gasteiger partial charge is 0.293 e. The van der Waals surface area contributed by atoms with E-state index in [1.54, 1.807) is 0 Å². The van der Waals surface area contributed by atoms with Crippen LogP contribution in [0.2, 0.25) is 10.0 Å². The number of fused-ring (bicyclic) bond motifs is 1. The summed E-state index contributed by atoms with van der Waals surface area (Å²) >= 11 is 19.0. The van der Waals surface area contributed by atoms with Crippen molar-refractivity contribution in [3.05, 3.63) is 57.8 Å². The highest BCUT2D eigenvalue weighted by Gasteiger charge is 2.19.